The van der Waals surface area contributed by atoms with Crippen molar-refractivity contribution in [2.45, 2.75) is 6.92 Å². The zero-order chi connectivity index (χ0) is 18.8. The van der Waals surface area contributed by atoms with Crippen LogP contribution < -0.4 is 4.90 Å². The molecule has 0 saturated carbocycles. The third-order valence-corrected chi connectivity index (χ3v) is 4.52. The van der Waals surface area contributed by atoms with Crippen LogP contribution in [0.25, 0.3) is 16.7 Å². The summed E-state index contributed by atoms with van der Waals surface area (Å²) < 4.78 is 19.9. The molecule has 4 rings (SSSR count). The number of halogens is 1. The molecule has 140 valence electrons. The summed E-state index contributed by atoms with van der Waals surface area (Å²) in [4.78, 5) is 24.4. The zero-order valence-electron chi connectivity index (χ0n) is 14.9. The van der Waals surface area contributed by atoms with Gasteiger partial charge < -0.3 is 14.5 Å². The number of benzene rings is 1. The molecule has 0 N–H and O–H groups in total. The number of aromatic nitrogens is 4. The van der Waals surface area contributed by atoms with Gasteiger partial charge in [0.25, 0.3) is 0 Å². The summed E-state index contributed by atoms with van der Waals surface area (Å²) in [6.45, 7) is 4.59. The van der Waals surface area contributed by atoms with Gasteiger partial charge in [-0.15, -0.1) is 0 Å². The molecule has 0 atom stereocenters. The minimum atomic E-state index is -0.301. The second kappa shape index (κ2) is 7.18. The van der Waals surface area contributed by atoms with Gasteiger partial charge in [-0.05, 0) is 31.2 Å². The quantitative estimate of drug-likeness (QED) is 0.704. The lowest BCUT2D eigenvalue weighted by molar-refractivity contribution is 0.105. The molecule has 0 spiro atoms. The fraction of sp³-hybridized carbons (Fsp3) is 0.333. The monoisotopic (exact) mass is 370 g/mol. The lowest BCUT2D eigenvalue weighted by Crippen LogP contribution is -2.49. The summed E-state index contributed by atoms with van der Waals surface area (Å²) in [5.41, 5.74) is 1.38. The number of nitrogens with zero attached hydrogens (tertiary/aromatic N) is 6. The molecule has 0 radical (unpaired) electrons. The number of hydrogen-bond donors (Lipinski definition) is 0. The molecular weight excluding hydrogens is 351 g/mol. The van der Waals surface area contributed by atoms with E-state index in [0.29, 0.717) is 38.4 Å². The van der Waals surface area contributed by atoms with Gasteiger partial charge in [0, 0.05) is 26.2 Å². The Kier molecular flexibility index (Phi) is 4.57. The average molecular weight is 370 g/mol. The maximum atomic E-state index is 13.2. The molecule has 8 nitrogen and oxygen atoms in total. The van der Waals surface area contributed by atoms with E-state index in [9.17, 15) is 9.18 Å². The third kappa shape index (κ3) is 3.27. The second-order valence-corrected chi connectivity index (χ2v) is 6.14. The predicted molar refractivity (Wildman–Crippen MR) is 97.4 cm³/mol. The van der Waals surface area contributed by atoms with E-state index in [4.69, 9.17) is 4.74 Å². The number of hydrogen-bond acceptors (Lipinski definition) is 6. The Hall–Kier alpha value is -3.23. The highest BCUT2D eigenvalue weighted by Gasteiger charge is 2.24. The highest BCUT2D eigenvalue weighted by Crippen LogP contribution is 2.25. The maximum absolute atomic E-state index is 13.2. The van der Waals surface area contributed by atoms with Crippen LogP contribution in [0.2, 0.25) is 0 Å². The van der Waals surface area contributed by atoms with E-state index in [1.807, 2.05) is 0 Å². The molecule has 3 aromatic rings. The fourth-order valence-electron chi connectivity index (χ4n) is 3.17. The highest BCUT2D eigenvalue weighted by molar-refractivity contribution is 5.87. The molecule has 1 aromatic carbocycles. The van der Waals surface area contributed by atoms with E-state index in [-0.39, 0.29) is 11.9 Å². The van der Waals surface area contributed by atoms with Gasteiger partial charge >= 0.3 is 6.09 Å². The van der Waals surface area contributed by atoms with E-state index in [1.165, 1.54) is 18.5 Å². The Morgan fingerprint density at radius 2 is 1.89 bits per heavy atom. The van der Waals surface area contributed by atoms with Crippen molar-refractivity contribution in [1.29, 1.82) is 0 Å². The van der Waals surface area contributed by atoms with Gasteiger partial charge in [-0.25, -0.2) is 23.8 Å². The van der Waals surface area contributed by atoms with Crippen molar-refractivity contribution in [3.63, 3.8) is 0 Å². The predicted octanol–water partition coefficient (Wildman–Crippen LogP) is 2.23. The standard InChI is InChI=1S/C18H19FN6O2/c1-2-27-18(26)24-9-7-23(8-10-24)16-15-11-22-25(17(15)21-12-20-16)14-5-3-13(19)4-6-14/h3-6,11-12H,2,7-10H2,1H3. The number of amides is 1. The molecule has 3 heterocycles. The number of carbonyl (C=O) groups is 1. The Morgan fingerprint density at radius 3 is 2.59 bits per heavy atom. The van der Waals surface area contributed by atoms with Crippen LogP contribution in [0.15, 0.2) is 36.8 Å². The Bertz CT molecular complexity index is 950. The van der Waals surface area contributed by atoms with Crippen LogP contribution in [0.3, 0.4) is 0 Å². The van der Waals surface area contributed by atoms with Crippen molar-refractivity contribution in [2.24, 2.45) is 0 Å². The van der Waals surface area contributed by atoms with Crippen molar-refractivity contribution in [1.82, 2.24) is 24.6 Å². The second-order valence-electron chi connectivity index (χ2n) is 6.14. The SMILES string of the molecule is CCOC(=O)N1CCN(c2ncnc3c2cnn3-c2ccc(F)cc2)CC1. The van der Waals surface area contributed by atoms with E-state index < -0.39 is 0 Å². The summed E-state index contributed by atoms with van der Waals surface area (Å²) >= 11 is 0. The largest absolute Gasteiger partial charge is 0.450 e. The molecule has 9 heteroatoms. The Morgan fingerprint density at radius 1 is 1.15 bits per heavy atom. The molecule has 0 aliphatic carbocycles. The molecule has 1 amide bonds. The normalized spacial score (nSPS) is 14.6. The first-order valence-corrected chi connectivity index (χ1v) is 8.78. The van der Waals surface area contributed by atoms with Crippen LogP contribution in [-0.2, 0) is 4.74 Å². The van der Waals surface area contributed by atoms with Gasteiger partial charge in [0.15, 0.2) is 5.65 Å². The number of ether oxygens (including phenoxy) is 1. The van der Waals surface area contributed by atoms with Gasteiger partial charge in [-0.2, -0.15) is 5.10 Å². The Balaban J connectivity index is 1.59. The lowest BCUT2D eigenvalue weighted by atomic mass is 10.3. The zero-order valence-corrected chi connectivity index (χ0v) is 14.9. The first-order valence-electron chi connectivity index (χ1n) is 8.78. The van der Waals surface area contributed by atoms with Crippen molar-refractivity contribution >= 4 is 22.9 Å². The van der Waals surface area contributed by atoms with Gasteiger partial charge in [0.05, 0.1) is 23.9 Å². The Labute approximate surface area is 155 Å². The van der Waals surface area contributed by atoms with E-state index in [0.717, 1.165) is 16.9 Å². The van der Waals surface area contributed by atoms with Crippen LogP contribution in [0.1, 0.15) is 6.92 Å². The van der Waals surface area contributed by atoms with Gasteiger partial charge in [-0.1, -0.05) is 0 Å². The first-order chi connectivity index (χ1) is 13.2. The van der Waals surface area contributed by atoms with E-state index in [2.05, 4.69) is 20.0 Å². The summed E-state index contributed by atoms with van der Waals surface area (Å²) in [5, 5.41) is 5.21. The van der Waals surface area contributed by atoms with E-state index in [1.54, 1.807) is 34.8 Å². The smallest absolute Gasteiger partial charge is 0.409 e. The number of fused-ring (bicyclic) bond motifs is 1. The van der Waals surface area contributed by atoms with Crippen LogP contribution >= 0.6 is 0 Å². The molecule has 1 saturated heterocycles. The minimum absolute atomic E-state index is 0.283. The summed E-state index contributed by atoms with van der Waals surface area (Å²) in [7, 11) is 0. The molecular formula is C18H19FN6O2. The molecule has 0 bridgehead atoms. The number of carbonyl (C=O) groups excluding carboxylic acids is 1. The van der Waals surface area contributed by atoms with Crippen LogP contribution in [0, 0.1) is 5.82 Å². The summed E-state index contributed by atoms with van der Waals surface area (Å²) in [5.74, 6) is 0.474. The lowest BCUT2D eigenvalue weighted by Gasteiger charge is -2.34. The van der Waals surface area contributed by atoms with Gasteiger partial charge in [0.1, 0.15) is 18.0 Å². The molecule has 1 fully saturated rings. The van der Waals surface area contributed by atoms with Crippen molar-refractivity contribution in [2.75, 3.05) is 37.7 Å². The highest BCUT2D eigenvalue weighted by atomic mass is 19.1. The first kappa shape index (κ1) is 17.2. The average Bonchev–Trinajstić information content (AvgIpc) is 3.13. The topological polar surface area (TPSA) is 76.4 Å². The molecule has 1 aliphatic rings. The fourth-order valence-corrected chi connectivity index (χ4v) is 3.17. The van der Waals surface area contributed by atoms with Crippen molar-refractivity contribution in [3.05, 3.63) is 42.6 Å². The minimum Gasteiger partial charge on any atom is -0.450 e. The van der Waals surface area contributed by atoms with Crippen LogP contribution in [0.5, 0.6) is 0 Å². The van der Waals surface area contributed by atoms with Crippen molar-refractivity contribution < 1.29 is 13.9 Å². The molecule has 2 aromatic heterocycles. The van der Waals surface area contributed by atoms with Crippen LogP contribution in [-0.4, -0.2) is 63.5 Å². The summed E-state index contributed by atoms with van der Waals surface area (Å²) in [6, 6.07) is 6.09. The third-order valence-electron chi connectivity index (χ3n) is 4.52. The summed E-state index contributed by atoms with van der Waals surface area (Å²) in [6.07, 6.45) is 2.93. The van der Waals surface area contributed by atoms with Gasteiger partial charge in [-0.3, -0.25) is 0 Å². The number of anilines is 1. The van der Waals surface area contributed by atoms with Crippen LogP contribution in [0.4, 0.5) is 15.0 Å². The number of rotatable bonds is 3. The number of piperazine rings is 1. The molecule has 1 aliphatic heterocycles. The van der Waals surface area contributed by atoms with Gasteiger partial charge in [0.2, 0.25) is 0 Å². The maximum Gasteiger partial charge on any atom is 0.409 e. The van der Waals surface area contributed by atoms with E-state index >= 15 is 0 Å². The van der Waals surface area contributed by atoms with Crippen molar-refractivity contribution in [3.8, 4) is 5.69 Å². The molecule has 0 unspecified atom stereocenters. The molecule has 27 heavy (non-hydrogen) atoms.